The number of Topliss-reactive ketones (excluding diaryl/α,β-unsaturated/α-hetero) is 2. The van der Waals surface area contributed by atoms with Crippen molar-refractivity contribution in [3.05, 3.63) is 71.0 Å². The molecule has 2 aliphatic rings. The third kappa shape index (κ3) is 6.90. The highest BCUT2D eigenvalue weighted by Crippen LogP contribution is 2.44. The zero-order chi connectivity index (χ0) is 29.9. The first-order valence-electron chi connectivity index (χ1n) is 13.7. The van der Waals surface area contributed by atoms with Crippen LogP contribution in [-0.2, 0) is 28.7 Å². The number of ether oxygens (including phenoxy) is 2. The van der Waals surface area contributed by atoms with Crippen molar-refractivity contribution in [2.45, 2.75) is 65.3 Å². The number of aliphatic carboxylic acids is 1. The fraction of sp³-hybridized carbons (Fsp3) is 0.406. The number of allylic oxidation sites excluding steroid dienone is 2. The highest BCUT2D eigenvalue weighted by atomic mass is 16.6. The first kappa shape index (κ1) is 29.7. The van der Waals surface area contributed by atoms with Crippen LogP contribution in [0.15, 0.2) is 59.9 Å². The number of carbonyl (C=O) groups excluding carboxylic acids is 4. The molecule has 1 fully saturated rings. The van der Waals surface area contributed by atoms with Crippen LogP contribution in [0.25, 0.3) is 11.1 Å². The smallest absolute Gasteiger partial charge is 0.407 e. The molecule has 0 unspecified atom stereocenters. The van der Waals surface area contributed by atoms with Crippen LogP contribution < -0.4 is 5.32 Å². The highest BCUT2D eigenvalue weighted by molar-refractivity contribution is 6.22. The van der Waals surface area contributed by atoms with Gasteiger partial charge >= 0.3 is 18.0 Å². The molecular formula is C32H35NO8. The van der Waals surface area contributed by atoms with Gasteiger partial charge in [0.1, 0.15) is 18.4 Å². The highest BCUT2D eigenvalue weighted by Gasteiger charge is 2.39. The van der Waals surface area contributed by atoms with E-state index >= 15 is 0 Å². The Morgan fingerprint density at radius 1 is 0.927 bits per heavy atom. The quantitative estimate of drug-likeness (QED) is 0.185. The number of hydrogen-bond acceptors (Lipinski definition) is 7. The van der Waals surface area contributed by atoms with Crippen molar-refractivity contribution in [3.63, 3.8) is 0 Å². The number of rotatable bonds is 9. The van der Waals surface area contributed by atoms with Crippen LogP contribution in [0.1, 0.15) is 70.4 Å². The molecule has 1 atom stereocenters. The van der Waals surface area contributed by atoms with Crippen molar-refractivity contribution >= 4 is 29.6 Å². The lowest BCUT2D eigenvalue weighted by atomic mass is 9.73. The SMILES string of the molecule is CC(C)CC(OC(=O)C[C@@H](NC(=O)OCC1c2ccccc2-c2ccccc21)C(=O)O)=C1C(=O)CC(C)(C)CC1=O. The Labute approximate surface area is 238 Å². The summed E-state index contributed by atoms with van der Waals surface area (Å²) in [5, 5.41) is 11.9. The Morgan fingerprint density at radius 2 is 1.46 bits per heavy atom. The van der Waals surface area contributed by atoms with Gasteiger partial charge in [-0.3, -0.25) is 14.4 Å². The van der Waals surface area contributed by atoms with Crippen molar-refractivity contribution in [2.75, 3.05) is 6.61 Å². The second-order valence-electron chi connectivity index (χ2n) is 11.8. The summed E-state index contributed by atoms with van der Waals surface area (Å²) in [5.74, 6) is -3.56. The predicted molar refractivity (Wildman–Crippen MR) is 150 cm³/mol. The molecule has 0 saturated heterocycles. The third-order valence-electron chi connectivity index (χ3n) is 7.25. The minimum Gasteiger partial charge on any atom is -0.480 e. The number of fused-ring (bicyclic) bond motifs is 3. The summed E-state index contributed by atoms with van der Waals surface area (Å²) in [7, 11) is 0. The van der Waals surface area contributed by atoms with Gasteiger partial charge in [-0.1, -0.05) is 76.2 Å². The second-order valence-corrected chi connectivity index (χ2v) is 11.8. The fourth-order valence-electron chi connectivity index (χ4n) is 5.47. The van der Waals surface area contributed by atoms with Crippen LogP contribution in [-0.4, -0.2) is 47.4 Å². The minimum absolute atomic E-state index is 0.0259. The van der Waals surface area contributed by atoms with E-state index in [1.807, 2.05) is 76.2 Å². The molecule has 0 aromatic heterocycles. The number of nitrogens with one attached hydrogen (secondary N) is 1. The maximum absolute atomic E-state index is 12.8. The zero-order valence-electron chi connectivity index (χ0n) is 23.7. The van der Waals surface area contributed by atoms with Gasteiger partial charge in [-0.2, -0.15) is 0 Å². The van der Waals surface area contributed by atoms with E-state index in [0.717, 1.165) is 22.3 Å². The van der Waals surface area contributed by atoms with E-state index in [1.165, 1.54) is 0 Å². The van der Waals surface area contributed by atoms with Crippen LogP contribution in [0, 0.1) is 11.3 Å². The number of benzene rings is 2. The number of ketones is 2. The largest absolute Gasteiger partial charge is 0.480 e. The van der Waals surface area contributed by atoms with Crippen LogP contribution in [0.4, 0.5) is 4.79 Å². The number of esters is 1. The maximum atomic E-state index is 12.8. The van der Waals surface area contributed by atoms with Gasteiger partial charge in [-0.15, -0.1) is 0 Å². The molecule has 0 radical (unpaired) electrons. The first-order chi connectivity index (χ1) is 19.4. The second kappa shape index (κ2) is 12.1. The summed E-state index contributed by atoms with van der Waals surface area (Å²) in [6.07, 6.45) is -1.30. The molecule has 2 N–H and O–H groups in total. The van der Waals surface area contributed by atoms with E-state index in [4.69, 9.17) is 9.47 Å². The summed E-state index contributed by atoms with van der Waals surface area (Å²) < 4.78 is 10.8. The molecule has 2 aliphatic carbocycles. The summed E-state index contributed by atoms with van der Waals surface area (Å²) >= 11 is 0. The average molecular weight is 562 g/mol. The van der Waals surface area contributed by atoms with Crippen molar-refractivity contribution < 1.29 is 38.6 Å². The molecule has 2 aromatic rings. The number of carboxylic acid groups (broad SMARTS) is 1. The molecule has 2 aromatic carbocycles. The normalized spacial score (nSPS) is 16.6. The van der Waals surface area contributed by atoms with Gasteiger partial charge in [0.05, 0.1) is 12.0 Å². The molecule has 41 heavy (non-hydrogen) atoms. The summed E-state index contributed by atoms with van der Waals surface area (Å²) in [4.78, 5) is 63.0. The molecule has 4 rings (SSSR count). The number of amides is 1. The Balaban J connectivity index is 1.42. The van der Waals surface area contributed by atoms with Gasteiger partial charge in [-0.05, 0) is 33.6 Å². The van der Waals surface area contributed by atoms with E-state index in [1.54, 1.807) is 0 Å². The van der Waals surface area contributed by atoms with E-state index in [-0.39, 0.29) is 49.0 Å². The predicted octanol–water partition coefficient (Wildman–Crippen LogP) is 5.17. The number of carbonyl (C=O) groups is 5. The van der Waals surface area contributed by atoms with E-state index < -0.39 is 47.5 Å². The maximum Gasteiger partial charge on any atom is 0.407 e. The standard InChI is InChI=1S/C32H35NO8/c1-18(2)13-27(29-25(34)15-32(3,4)16-26(29)35)41-28(36)14-24(30(37)38)33-31(39)40-17-23-21-11-7-5-9-19(21)20-10-6-8-12-22(20)23/h5-12,18,23-24H,13-17H2,1-4H3,(H,33,39)(H,37,38)/t24-/m1/s1. The van der Waals surface area contributed by atoms with E-state index in [0.29, 0.717) is 0 Å². The van der Waals surface area contributed by atoms with Gasteiger partial charge in [0.25, 0.3) is 0 Å². The van der Waals surface area contributed by atoms with Crippen molar-refractivity contribution in [1.29, 1.82) is 0 Å². The number of carboxylic acids is 1. The van der Waals surface area contributed by atoms with Crippen molar-refractivity contribution in [2.24, 2.45) is 11.3 Å². The summed E-state index contributed by atoms with van der Waals surface area (Å²) in [5.41, 5.74) is 3.47. The van der Waals surface area contributed by atoms with Crippen molar-refractivity contribution in [3.8, 4) is 11.1 Å². The summed E-state index contributed by atoms with van der Waals surface area (Å²) in [6.45, 7) is 7.30. The molecule has 216 valence electrons. The fourth-order valence-corrected chi connectivity index (χ4v) is 5.47. The van der Waals surface area contributed by atoms with Crippen LogP contribution in [0.3, 0.4) is 0 Å². The average Bonchev–Trinajstić information content (AvgIpc) is 3.19. The Morgan fingerprint density at radius 3 is 1.98 bits per heavy atom. The third-order valence-corrected chi connectivity index (χ3v) is 7.25. The molecule has 9 nitrogen and oxygen atoms in total. The van der Waals surface area contributed by atoms with Gasteiger partial charge in [-0.25, -0.2) is 9.59 Å². The lowest BCUT2D eigenvalue weighted by Gasteiger charge is -2.29. The zero-order valence-corrected chi connectivity index (χ0v) is 23.7. The molecule has 1 saturated carbocycles. The van der Waals surface area contributed by atoms with Crippen LogP contribution >= 0.6 is 0 Å². The monoisotopic (exact) mass is 561 g/mol. The lowest BCUT2D eigenvalue weighted by Crippen LogP contribution is -2.43. The minimum atomic E-state index is -1.64. The number of alkyl carbamates (subject to hydrolysis) is 1. The Kier molecular flexibility index (Phi) is 8.75. The topological polar surface area (TPSA) is 136 Å². The lowest BCUT2D eigenvalue weighted by molar-refractivity contribution is -0.147. The molecule has 1 amide bonds. The Bertz CT molecular complexity index is 1350. The van der Waals surface area contributed by atoms with E-state index in [9.17, 15) is 29.1 Å². The van der Waals surface area contributed by atoms with Crippen LogP contribution in [0.5, 0.6) is 0 Å². The molecule has 0 aliphatic heterocycles. The molecule has 0 spiro atoms. The van der Waals surface area contributed by atoms with Gasteiger partial charge in [0.2, 0.25) is 0 Å². The molecule has 0 heterocycles. The summed E-state index contributed by atoms with van der Waals surface area (Å²) in [6, 6.07) is 14.0. The van der Waals surface area contributed by atoms with Gasteiger partial charge < -0.3 is 19.9 Å². The van der Waals surface area contributed by atoms with Gasteiger partial charge in [0.15, 0.2) is 11.6 Å². The molecule has 0 bridgehead atoms. The van der Waals surface area contributed by atoms with Crippen molar-refractivity contribution in [1.82, 2.24) is 5.32 Å². The van der Waals surface area contributed by atoms with Gasteiger partial charge in [0, 0.05) is 25.2 Å². The van der Waals surface area contributed by atoms with Crippen LogP contribution in [0.2, 0.25) is 0 Å². The number of hydrogen-bond donors (Lipinski definition) is 2. The molecule has 9 heteroatoms. The van der Waals surface area contributed by atoms with E-state index in [2.05, 4.69) is 5.32 Å². The first-order valence-corrected chi connectivity index (χ1v) is 13.7. The Hall–Kier alpha value is -4.27. The molecular weight excluding hydrogens is 526 g/mol.